The van der Waals surface area contributed by atoms with Crippen LogP contribution in [0.4, 0.5) is 0 Å². The molecule has 0 aromatic rings. The molecular weight excluding hydrogens is 133 g/mol. The third-order valence-electron chi connectivity index (χ3n) is 2.61. The van der Waals surface area contributed by atoms with Gasteiger partial charge in [0, 0.05) is 19.7 Å². The molecule has 1 aliphatic heterocycles. The number of rotatable bonds is 1. The summed E-state index contributed by atoms with van der Waals surface area (Å²) in [6.45, 7) is 2.77. The number of nitrogens with zero attached hydrogens (tertiary/aromatic N) is 1. The van der Waals surface area contributed by atoms with Crippen molar-refractivity contribution in [3.63, 3.8) is 0 Å². The van der Waals surface area contributed by atoms with Gasteiger partial charge in [-0.25, -0.2) is 0 Å². The maximum Gasteiger partial charge on any atom is 0.0465 e. The number of hydrogen-bond donors (Lipinski definition) is 1. The first-order valence-electron chi connectivity index (χ1n) is 3.43. The lowest BCUT2D eigenvalue weighted by atomic mass is 10.3. The number of piperidine rings is 1. The third-order valence-corrected chi connectivity index (χ3v) is 3.03. The molecule has 9 heavy (non-hydrogen) atoms. The van der Waals surface area contributed by atoms with Gasteiger partial charge in [-0.05, 0) is 17.8 Å². The van der Waals surface area contributed by atoms with E-state index in [1.807, 2.05) is 0 Å². The van der Waals surface area contributed by atoms with Crippen molar-refractivity contribution in [3.8, 4) is 0 Å². The van der Waals surface area contributed by atoms with Crippen molar-refractivity contribution in [3.05, 3.63) is 0 Å². The monoisotopic (exact) mass is 145 g/mol. The Morgan fingerprint density at radius 2 is 2.00 bits per heavy atom. The Bertz CT molecular complexity index is 118. The molecule has 1 unspecified atom stereocenters. The minimum Gasteiger partial charge on any atom is -0.396 e. The van der Waals surface area contributed by atoms with Crippen LogP contribution in [-0.4, -0.2) is 29.5 Å². The number of hydrogen-bond acceptors (Lipinski definition) is 2. The van der Waals surface area contributed by atoms with Crippen molar-refractivity contribution in [1.29, 1.82) is 0 Å². The van der Waals surface area contributed by atoms with Crippen LogP contribution in [0.3, 0.4) is 0 Å². The van der Waals surface area contributed by atoms with Crippen LogP contribution in [0.25, 0.3) is 0 Å². The Morgan fingerprint density at radius 1 is 1.44 bits per heavy atom. The van der Waals surface area contributed by atoms with Crippen LogP contribution in [0.15, 0.2) is 0 Å². The molecule has 1 N–H and O–H groups in total. The van der Waals surface area contributed by atoms with Crippen LogP contribution in [0.5, 0.6) is 0 Å². The largest absolute Gasteiger partial charge is 0.396 e. The quantitative estimate of drug-likeness (QED) is 0.523. The molecule has 0 bridgehead atoms. The summed E-state index contributed by atoms with van der Waals surface area (Å²) in [7, 11) is 2.72. The highest BCUT2D eigenvalue weighted by Gasteiger charge is 2.54. The van der Waals surface area contributed by atoms with Gasteiger partial charge in [0.25, 0.3) is 0 Å². The van der Waals surface area contributed by atoms with E-state index in [-0.39, 0.29) is 0 Å². The average molecular weight is 145 g/mol. The Labute approximate surface area is 57.5 Å². The molecule has 0 aromatic carbocycles. The fourth-order valence-corrected chi connectivity index (χ4v) is 2.44. The minimum absolute atomic E-state index is 0.411. The van der Waals surface area contributed by atoms with E-state index in [9.17, 15) is 0 Å². The van der Waals surface area contributed by atoms with E-state index in [1.165, 1.54) is 13.1 Å². The zero-order valence-corrected chi connectivity index (χ0v) is 6.48. The summed E-state index contributed by atoms with van der Waals surface area (Å²) in [5.41, 5.74) is 0. The van der Waals surface area contributed by atoms with Crippen LogP contribution in [0.1, 0.15) is 0 Å². The SMILES string of the molecule is OC[C@@H]1[C@H]2CN(P)C[C@@H]12. The predicted octanol–water partition coefficient (Wildman–Crippen LogP) is -0.0534. The minimum atomic E-state index is 0.411. The highest BCUT2D eigenvalue weighted by Crippen LogP contribution is 2.51. The summed E-state index contributed by atoms with van der Waals surface area (Å²) in [6.07, 6.45) is 0. The van der Waals surface area contributed by atoms with Crippen molar-refractivity contribution < 1.29 is 5.11 Å². The molecule has 0 aromatic heterocycles. The molecule has 3 heteroatoms. The lowest BCUT2D eigenvalue weighted by molar-refractivity contribution is 0.250. The number of aliphatic hydroxyl groups is 1. The molecule has 2 aliphatic rings. The molecule has 0 spiro atoms. The lowest BCUT2D eigenvalue weighted by Crippen LogP contribution is -2.13. The molecular formula is C6H12NOP. The van der Waals surface area contributed by atoms with E-state index in [1.54, 1.807) is 0 Å². The summed E-state index contributed by atoms with van der Waals surface area (Å²) < 4.78 is 2.27. The fourth-order valence-electron chi connectivity index (χ4n) is 1.95. The fraction of sp³-hybridized carbons (Fsp3) is 1.00. The Balaban J connectivity index is 1.91. The van der Waals surface area contributed by atoms with Crippen LogP contribution >= 0.6 is 9.39 Å². The molecule has 1 saturated carbocycles. The van der Waals surface area contributed by atoms with E-state index in [2.05, 4.69) is 14.1 Å². The van der Waals surface area contributed by atoms with Gasteiger partial charge in [-0.1, -0.05) is 9.39 Å². The third kappa shape index (κ3) is 0.813. The smallest absolute Gasteiger partial charge is 0.0465 e. The first-order valence-corrected chi connectivity index (χ1v) is 3.95. The van der Waals surface area contributed by atoms with Gasteiger partial charge in [-0.3, -0.25) is 4.67 Å². The summed E-state index contributed by atoms with van der Waals surface area (Å²) in [4.78, 5) is 0. The summed E-state index contributed by atoms with van der Waals surface area (Å²) >= 11 is 0. The van der Waals surface area contributed by atoms with Crippen molar-refractivity contribution in [2.45, 2.75) is 0 Å². The van der Waals surface area contributed by atoms with Gasteiger partial charge in [0.1, 0.15) is 0 Å². The van der Waals surface area contributed by atoms with Gasteiger partial charge in [0.15, 0.2) is 0 Å². The zero-order chi connectivity index (χ0) is 6.43. The first-order chi connectivity index (χ1) is 4.33. The molecule has 1 heterocycles. The van der Waals surface area contributed by atoms with E-state index in [4.69, 9.17) is 5.11 Å². The van der Waals surface area contributed by atoms with E-state index in [0.717, 1.165) is 11.8 Å². The maximum atomic E-state index is 8.77. The second kappa shape index (κ2) is 1.91. The molecule has 52 valence electrons. The molecule has 2 nitrogen and oxygen atoms in total. The van der Waals surface area contributed by atoms with Crippen molar-refractivity contribution in [2.75, 3.05) is 19.7 Å². The van der Waals surface area contributed by atoms with Crippen LogP contribution in [0.2, 0.25) is 0 Å². The van der Waals surface area contributed by atoms with Crippen LogP contribution < -0.4 is 0 Å². The van der Waals surface area contributed by atoms with E-state index < -0.39 is 0 Å². The average Bonchev–Trinajstić information content (AvgIpc) is 2.30. The second-order valence-electron chi connectivity index (χ2n) is 3.13. The standard InChI is InChI=1S/C6H12NOP/c8-3-6-4-1-7(9)2-5(4)6/h4-6,8H,1-3,9H2/t4-,5+,6+. The number of fused-ring (bicyclic) bond motifs is 1. The van der Waals surface area contributed by atoms with Crippen LogP contribution in [0, 0.1) is 17.8 Å². The van der Waals surface area contributed by atoms with Crippen molar-refractivity contribution in [1.82, 2.24) is 4.67 Å². The molecule has 2 rings (SSSR count). The summed E-state index contributed by atoms with van der Waals surface area (Å²) in [5, 5.41) is 8.77. The van der Waals surface area contributed by atoms with Gasteiger partial charge in [-0.15, -0.1) is 0 Å². The highest BCUT2D eigenvalue weighted by atomic mass is 31.0. The number of aliphatic hydroxyl groups excluding tert-OH is 1. The van der Waals surface area contributed by atoms with Gasteiger partial charge >= 0.3 is 0 Å². The summed E-state index contributed by atoms with van der Waals surface area (Å²) in [6, 6.07) is 0. The molecule has 1 aliphatic carbocycles. The van der Waals surface area contributed by atoms with Gasteiger partial charge in [0.05, 0.1) is 0 Å². The molecule has 1 saturated heterocycles. The predicted molar refractivity (Wildman–Crippen MR) is 38.8 cm³/mol. The normalized spacial score (nSPS) is 49.3. The lowest BCUT2D eigenvalue weighted by Gasteiger charge is -2.10. The van der Waals surface area contributed by atoms with Gasteiger partial charge < -0.3 is 5.11 Å². The van der Waals surface area contributed by atoms with Crippen molar-refractivity contribution in [2.24, 2.45) is 17.8 Å². The molecule has 2 fully saturated rings. The van der Waals surface area contributed by atoms with Gasteiger partial charge in [-0.2, -0.15) is 0 Å². The Morgan fingerprint density at radius 3 is 2.44 bits per heavy atom. The topological polar surface area (TPSA) is 23.5 Å². The first kappa shape index (κ1) is 6.09. The summed E-state index contributed by atoms with van der Waals surface area (Å²) in [5.74, 6) is 2.31. The highest BCUT2D eigenvalue weighted by molar-refractivity contribution is 7.13. The molecule has 0 amide bonds. The van der Waals surface area contributed by atoms with Crippen LogP contribution in [-0.2, 0) is 0 Å². The molecule has 0 radical (unpaired) electrons. The Kier molecular flexibility index (Phi) is 1.29. The van der Waals surface area contributed by atoms with Crippen molar-refractivity contribution >= 4 is 9.39 Å². The Hall–Kier alpha value is 0.350. The molecule has 4 atom stereocenters. The van der Waals surface area contributed by atoms with Gasteiger partial charge in [0.2, 0.25) is 0 Å². The maximum absolute atomic E-state index is 8.77. The zero-order valence-electron chi connectivity index (χ0n) is 5.33. The van der Waals surface area contributed by atoms with E-state index in [0.29, 0.717) is 12.5 Å². The second-order valence-corrected chi connectivity index (χ2v) is 3.86. The van der Waals surface area contributed by atoms with E-state index >= 15 is 0 Å².